The summed E-state index contributed by atoms with van der Waals surface area (Å²) in [4.78, 5) is 14.5. The Morgan fingerprint density at radius 1 is 1.65 bits per heavy atom. The molecule has 20 heavy (non-hydrogen) atoms. The van der Waals surface area contributed by atoms with Gasteiger partial charge in [0, 0.05) is 21.0 Å². The Balaban J connectivity index is 2.81. The van der Waals surface area contributed by atoms with Gasteiger partial charge in [0.2, 0.25) is 0 Å². The van der Waals surface area contributed by atoms with E-state index in [2.05, 4.69) is 31.3 Å². The van der Waals surface area contributed by atoms with Crippen LogP contribution in [-0.4, -0.2) is 26.2 Å². The maximum atomic E-state index is 11.9. The molecule has 0 amide bonds. The normalized spacial score (nSPS) is 11.6. The fraction of sp³-hybridized carbons (Fsp3) is 0.417. The number of carbonyl (C=O) groups excluding carboxylic acids is 1. The summed E-state index contributed by atoms with van der Waals surface area (Å²) >= 11 is 9.46. The number of hydrogen-bond donors (Lipinski definition) is 1. The fourth-order valence-electron chi connectivity index (χ4n) is 1.61. The summed E-state index contributed by atoms with van der Waals surface area (Å²) in [7, 11) is 1.32. The number of halogens is 2. The van der Waals surface area contributed by atoms with Gasteiger partial charge < -0.3 is 10.1 Å². The van der Waals surface area contributed by atoms with Gasteiger partial charge in [0.1, 0.15) is 6.04 Å². The van der Waals surface area contributed by atoms with Crippen molar-refractivity contribution in [3.63, 3.8) is 0 Å². The van der Waals surface area contributed by atoms with Crippen LogP contribution < -0.4 is 5.32 Å². The van der Waals surface area contributed by atoms with E-state index < -0.39 is 12.0 Å². The zero-order valence-corrected chi connectivity index (χ0v) is 13.2. The van der Waals surface area contributed by atoms with Gasteiger partial charge in [0.05, 0.1) is 7.11 Å². The lowest BCUT2D eigenvalue weighted by atomic mass is 10.1. The molecule has 1 unspecified atom stereocenters. The van der Waals surface area contributed by atoms with E-state index in [1.165, 1.54) is 7.11 Å². The molecule has 1 aromatic rings. The minimum atomic E-state index is -0.656. The number of carbonyl (C=O) groups is 1. The van der Waals surface area contributed by atoms with Crippen molar-refractivity contribution in [3.8, 4) is 0 Å². The first-order valence-corrected chi connectivity index (χ1v) is 7.04. The molecule has 0 spiro atoms. The smallest absolute Gasteiger partial charge is 0.327 e. The van der Waals surface area contributed by atoms with E-state index in [1.54, 1.807) is 18.2 Å². The molecule has 1 N–H and O–H groups in total. The van der Waals surface area contributed by atoms with Crippen molar-refractivity contribution in [2.75, 3.05) is 20.2 Å². The summed E-state index contributed by atoms with van der Waals surface area (Å²) in [6.07, 6.45) is 0.614. The second-order valence-electron chi connectivity index (χ2n) is 3.88. The molecule has 1 atom stereocenters. The zero-order valence-electron chi connectivity index (χ0n) is 10.8. The number of azide groups is 1. The lowest BCUT2D eigenvalue weighted by Crippen LogP contribution is -2.31. The Morgan fingerprint density at radius 3 is 3.05 bits per heavy atom. The predicted molar refractivity (Wildman–Crippen MR) is 80.5 cm³/mol. The summed E-state index contributed by atoms with van der Waals surface area (Å²) in [6, 6.07) is 4.61. The average Bonchev–Trinajstić information content (AvgIpc) is 2.45. The van der Waals surface area contributed by atoms with Gasteiger partial charge in [-0.3, -0.25) is 0 Å². The molecule has 8 heteroatoms. The maximum Gasteiger partial charge on any atom is 0.327 e. The van der Waals surface area contributed by atoms with E-state index in [1.807, 2.05) is 0 Å². The molecule has 0 heterocycles. The standard InChI is InChI=1S/C12H14BrClN4O2/c1-20-12(19)11(16-5-2-6-17-18-15)9-7-8(13)3-4-10(9)14/h3-4,7,11,16H,2,5-6H2,1H3. The van der Waals surface area contributed by atoms with Crippen molar-refractivity contribution < 1.29 is 9.53 Å². The van der Waals surface area contributed by atoms with Gasteiger partial charge >= 0.3 is 5.97 Å². The largest absolute Gasteiger partial charge is 0.468 e. The number of benzene rings is 1. The van der Waals surface area contributed by atoms with Crippen LogP contribution in [0, 0.1) is 0 Å². The highest BCUT2D eigenvalue weighted by Crippen LogP contribution is 2.27. The van der Waals surface area contributed by atoms with Crippen LogP contribution in [0.2, 0.25) is 5.02 Å². The van der Waals surface area contributed by atoms with Crippen LogP contribution in [0.5, 0.6) is 0 Å². The third kappa shape index (κ3) is 5.02. The minimum absolute atomic E-state index is 0.365. The molecule has 0 fully saturated rings. The second kappa shape index (κ2) is 8.81. The molecule has 0 saturated heterocycles. The molecule has 0 aromatic heterocycles. The zero-order chi connectivity index (χ0) is 15.0. The summed E-state index contributed by atoms with van der Waals surface area (Å²) in [5.41, 5.74) is 8.82. The molecule has 1 aromatic carbocycles. The van der Waals surface area contributed by atoms with Crippen LogP contribution in [0.3, 0.4) is 0 Å². The SMILES string of the molecule is COC(=O)C(NCCCN=[N+]=[N-])c1cc(Br)ccc1Cl. The third-order valence-corrected chi connectivity index (χ3v) is 3.39. The molecule has 0 radical (unpaired) electrons. The van der Waals surface area contributed by atoms with E-state index >= 15 is 0 Å². The highest BCUT2D eigenvalue weighted by Gasteiger charge is 2.23. The van der Waals surface area contributed by atoms with Crippen LogP contribution in [0.15, 0.2) is 27.8 Å². The van der Waals surface area contributed by atoms with Crippen molar-refractivity contribution in [1.82, 2.24) is 5.32 Å². The van der Waals surface area contributed by atoms with Gasteiger partial charge in [-0.25, -0.2) is 4.79 Å². The van der Waals surface area contributed by atoms with Crippen LogP contribution in [-0.2, 0) is 9.53 Å². The Bertz CT molecular complexity index is 520. The number of ether oxygens (including phenoxy) is 1. The van der Waals surface area contributed by atoms with Crippen molar-refractivity contribution in [2.45, 2.75) is 12.5 Å². The second-order valence-corrected chi connectivity index (χ2v) is 5.21. The van der Waals surface area contributed by atoms with Gasteiger partial charge in [-0.1, -0.05) is 32.6 Å². The van der Waals surface area contributed by atoms with E-state index in [-0.39, 0.29) is 0 Å². The summed E-state index contributed by atoms with van der Waals surface area (Å²) < 4.78 is 5.60. The monoisotopic (exact) mass is 360 g/mol. The van der Waals surface area contributed by atoms with Gasteiger partial charge in [-0.2, -0.15) is 0 Å². The number of methoxy groups -OCH3 is 1. The van der Waals surface area contributed by atoms with Gasteiger partial charge in [0.15, 0.2) is 0 Å². The lowest BCUT2D eigenvalue weighted by molar-refractivity contribution is -0.143. The molecule has 0 aliphatic carbocycles. The Kier molecular flexibility index (Phi) is 7.40. The molecule has 6 nitrogen and oxygen atoms in total. The van der Waals surface area contributed by atoms with E-state index in [9.17, 15) is 4.79 Å². The predicted octanol–water partition coefficient (Wildman–Crippen LogP) is 3.61. The summed E-state index contributed by atoms with van der Waals surface area (Å²) in [6.45, 7) is 0.866. The molecule has 0 saturated carbocycles. The van der Waals surface area contributed by atoms with Crippen molar-refractivity contribution in [2.24, 2.45) is 5.11 Å². The van der Waals surface area contributed by atoms with Crippen molar-refractivity contribution in [3.05, 3.63) is 43.7 Å². The quantitative estimate of drug-likeness (QED) is 0.264. The molecular weight excluding hydrogens is 348 g/mol. The highest BCUT2D eigenvalue weighted by molar-refractivity contribution is 9.10. The van der Waals surface area contributed by atoms with Crippen LogP contribution in [0.4, 0.5) is 0 Å². The highest BCUT2D eigenvalue weighted by atomic mass is 79.9. The van der Waals surface area contributed by atoms with Crippen LogP contribution in [0.1, 0.15) is 18.0 Å². The molecule has 0 aliphatic heterocycles. The maximum absolute atomic E-state index is 11.9. The van der Waals surface area contributed by atoms with E-state index in [0.717, 1.165) is 4.47 Å². The minimum Gasteiger partial charge on any atom is -0.468 e. The Morgan fingerprint density at radius 2 is 2.40 bits per heavy atom. The summed E-state index contributed by atoms with van der Waals surface area (Å²) in [5.74, 6) is -0.422. The Labute approximate surface area is 130 Å². The van der Waals surface area contributed by atoms with Gasteiger partial charge in [-0.15, -0.1) is 0 Å². The van der Waals surface area contributed by atoms with E-state index in [0.29, 0.717) is 30.1 Å². The number of hydrogen-bond acceptors (Lipinski definition) is 4. The van der Waals surface area contributed by atoms with Crippen molar-refractivity contribution in [1.29, 1.82) is 0 Å². The molecule has 0 bridgehead atoms. The first-order chi connectivity index (χ1) is 9.60. The van der Waals surface area contributed by atoms with Crippen LogP contribution >= 0.6 is 27.5 Å². The first kappa shape index (κ1) is 16.8. The van der Waals surface area contributed by atoms with Gasteiger partial charge in [-0.05, 0) is 42.3 Å². The summed E-state index contributed by atoms with van der Waals surface area (Å²) in [5, 5.41) is 6.96. The number of rotatable bonds is 7. The number of esters is 1. The van der Waals surface area contributed by atoms with Crippen molar-refractivity contribution >= 4 is 33.5 Å². The number of nitrogens with zero attached hydrogens (tertiary/aromatic N) is 3. The molecule has 1 rings (SSSR count). The topological polar surface area (TPSA) is 87.1 Å². The molecule has 108 valence electrons. The molecular formula is C12H14BrClN4O2. The van der Waals surface area contributed by atoms with E-state index in [4.69, 9.17) is 21.9 Å². The average molecular weight is 362 g/mol. The number of nitrogens with one attached hydrogen (secondary N) is 1. The van der Waals surface area contributed by atoms with Crippen LogP contribution in [0.25, 0.3) is 10.4 Å². The first-order valence-electron chi connectivity index (χ1n) is 5.87. The lowest BCUT2D eigenvalue weighted by Gasteiger charge is -2.18. The fourth-order valence-corrected chi connectivity index (χ4v) is 2.22. The van der Waals surface area contributed by atoms with Gasteiger partial charge in [0.25, 0.3) is 0 Å². The molecule has 0 aliphatic rings. The Hall–Kier alpha value is -1.27. The third-order valence-electron chi connectivity index (χ3n) is 2.55.